The van der Waals surface area contributed by atoms with E-state index in [0.29, 0.717) is 24.0 Å². The number of rotatable bonds is 4. The zero-order chi connectivity index (χ0) is 24.0. The van der Waals surface area contributed by atoms with Crippen molar-refractivity contribution in [3.8, 4) is 11.4 Å². The molecule has 1 aromatic heterocycles. The molecule has 0 fully saturated rings. The number of nitrogens with one attached hydrogen (secondary N) is 1. The van der Waals surface area contributed by atoms with Crippen molar-refractivity contribution in [1.82, 2.24) is 19.8 Å². The summed E-state index contributed by atoms with van der Waals surface area (Å²) in [6, 6.07) is 12.5. The van der Waals surface area contributed by atoms with Crippen molar-refractivity contribution in [2.45, 2.75) is 18.4 Å². The van der Waals surface area contributed by atoms with Crippen LogP contribution in [0.25, 0.3) is 5.69 Å². The van der Waals surface area contributed by atoms with Crippen molar-refractivity contribution in [3.63, 3.8) is 0 Å². The first-order valence-corrected chi connectivity index (χ1v) is 11.4. The fourth-order valence-electron chi connectivity index (χ4n) is 4.80. The van der Waals surface area contributed by atoms with Gasteiger partial charge in [0, 0.05) is 42.7 Å². The number of likely N-dealkylation sites (N-methyl/N-ethyl adjacent to an activating group) is 1. The zero-order valence-corrected chi connectivity index (χ0v) is 19.7. The van der Waals surface area contributed by atoms with Crippen molar-refractivity contribution in [2.75, 3.05) is 32.1 Å². The molecule has 8 nitrogen and oxygen atoms in total. The predicted octanol–water partition coefficient (Wildman–Crippen LogP) is 2.59. The largest absolute Gasteiger partial charge is 0.494 e. The third-order valence-corrected chi connectivity index (χ3v) is 6.80. The van der Waals surface area contributed by atoms with Gasteiger partial charge >= 0.3 is 0 Å². The fraction of sp³-hybridized carbons (Fsp3) is 0.292. The second-order valence-corrected chi connectivity index (χ2v) is 8.89. The van der Waals surface area contributed by atoms with E-state index in [1.54, 1.807) is 24.2 Å². The van der Waals surface area contributed by atoms with E-state index in [-0.39, 0.29) is 17.9 Å². The lowest BCUT2D eigenvalue weighted by Crippen LogP contribution is -2.65. The van der Waals surface area contributed by atoms with Crippen LogP contribution in [0.3, 0.4) is 0 Å². The number of anilines is 1. The molecule has 0 saturated heterocycles. The molecule has 0 saturated carbocycles. The molecule has 0 amide bonds. The first kappa shape index (κ1) is 22.8. The molecule has 0 radical (unpaired) electrons. The Kier molecular flexibility index (Phi) is 6.05. The van der Waals surface area contributed by atoms with Crippen LogP contribution in [0.4, 0.5) is 10.1 Å². The lowest BCUT2D eigenvalue weighted by Gasteiger charge is -2.50. The van der Waals surface area contributed by atoms with Crippen LogP contribution in [0.1, 0.15) is 11.5 Å². The van der Waals surface area contributed by atoms with Gasteiger partial charge in [-0.25, -0.2) is 9.37 Å². The number of benzene rings is 2. The summed E-state index contributed by atoms with van der Waals surface area (Å²) in [5.74, 6) is 0.328. The van der Waals surface area contributed by atoms with E-state index in [0.717, 1.165) is 28.2 Å². The van der Waals surface area contributed by atoms with Gasteiger partial charge < -0.3 is 25.3 Å². The third kappa shape index (κ3) is 3.85. The van der Waals surface area contributed by atoms with Gasteiger partial charge in [-0.05, 0) is 42.4 Å². The topological polar surface area (TPSA) is 97.6 Å². The molecule has 10 heteroatoms. The van der Waals surface area contributed by atoms with Crippen LogP contribution in [0, 0.1) is 5.82 Å². The van der Waals surface area contributed by atoms with Crippen LogP contribution < -0.4 is 26.4 Å². The molecule has 3 unspecified atom stereocenters. The molecule has 5 N–H and O–H groups in total. The van der Waals surface area contributed by atoms with E-state index < -0.39 is 6.29 Å². The first-order valence-electron chi connectivity index (χ1n) is 11.0. The molecule has 2 aromatic carbocycles. The number of aromatic nitrogens is 2. The summed E-state index contributed by atoms with van der Waals surface area (Å²) in [6.45, 7) is 1.33. The van der Waals surface area contributed by atoms with Crippen LogP contribution in [0.15, 0.2) is 66.3 Å². The molecule has 0 bridgehead atoms. The Morgan fingerprint density at radius 3 is 2.62 bits per heavy atom. The lowest BCUT2D eigenvalue weighted by molar-refractivity contribution is 0.175. The molecule has 2 aliphatic heterocycles. The second kappa shape index (κ2) is 9.01. The van der Waals surface area contributed by atoms with Gasteiger partial charge in [-0.15, -0.1) is 0 Å². The number of nitrogens with two attached hydrogens (primary N) is 2. The SMILES string of the molecule is COc1cc(N2C3=C(CNCC3c3ccc(F)cc3)C(N)N(C)C2N)ccc1-n1cnc(Cl)c1. The van der Waals surface area contributed by atoms with Crippen LogP contribution in [0.2, 0.25) is 5.15 Å². The first-order chi connectivity index (χ1) is 16.4. The van der Waals surface area contributed by atoms with E-state index in [2.05, 4.69) is 15.2 Å². The Hall–Kier alpha value is -2.95. The Bertz CT molecular complexity index is 1230. The van der Waals surface area contributed by atoms with Crippen LogP contribution in [-0.2, 0) is 0 Å². The van der Waals surface area contributed by atoms with E-state index in [1.165, 1.54) is 12.1 Å². The van der Waals surface area contributed by atoms with Crippen molar-refractivity contribution >= 4 is 17.3 Å². The summed E-state index contributed by atoms with van der Waals surface area (Å²) in [5, 5.41) is 3.86. The van der Waals surface area contributed by atoms with Crippen molar-refractivity contribution in [3.05, 3.63) is 82.8 Å². The summed E-state index contributed by atoms with van der Waals surface area (Å²) in [6.07, 6.45) is 2.51. The Morgan fingerprint density at radius 1 is 1.18 bits per heavy atom. The Morgan fingerprint density at radius 2 is 1.94 bits per heavy atom. The summed E-state index contributed by atoms with van der Waals surface area (Å²) in [5.41, 5.74) is 18.1. The van der Waals surface area contributed by atoms with Crippen LogP contribution >= 0.6 is 11.6 Å². The quantitative estimate of drug-likeness (QED) is 0.524. The summed E-state index contributed by atoms with van der Waals surface area (Å²) in [7, 11) is 3.53. The number of methoxy groups -OCH3 is 1. The second-order valence-electron chi connectivity index (χ2n) is 8.50. The summed E-state index contributed by atoms with van der Waals surface area (Å²) >= 11 is 6.02. The van der Waals surface area contributed by atoms with Crippen molar-refractivity contribution in [2.24, 2.45) is 11.5 Å². The molecular formula is C24H27ClFN7O. The average molecular weight is 484 g/mol. The van der Waals surface area contributed by atoms with Gasteiger partial charge in [0.25, 0.3) is 0 Å². The average Bonchev–Trinajstić information content (AvgIpc) is 3.29. The van der Waals surface area contributed by atoms with Gasteiger partial charge in [-0.2, -0.15) is 0 Å². The predicted molar refractivity (Wildman–Crippen MR) is 130 cm³/mol. The number of halogens is 2. The van der Waals surface area contributed by atoms with E-state index >= 15 is 0 Å². The van der Waals surface area contributed by atoms with Gasteiger partial charge in [0.15, 0.2) is 0 Å². The molecule has 0 aliphatic carbocycles. The Balaban J connectivity index is 1.64. The van der Waals surface area contributed by atoms with Gasteiger partial charge in [-0.3, -0.25) is 10.6 Å². The number of imidazole rings is 1. The van der Waals surface area contributed by atoms with Crippen molar-refractivity contribution < 1.29 is 9.13 Å². The Labute approximate surface area is 202 Å². The van der Waals surface area contributed by atoms with E-state index in [1.807, 2.05) is 42.3 Å². The molecule has 34 heavy (non-hydrogen) atoms. The van der Waals surface area contributed by atoms with Gasteiger partial charge in [0.1, 0.15) is 29.3 Å². The standard InChI is InChI=1S/C24H27ClFN7O/c1-31-23(27)18-11-29-10-17(14-3-5-15(26)6-4-14)22(18)33(24(31)28)16-7-8-19(20(9-16)34-2)32-12-21(25)30-13-32/h3-9,12-13,17,23-24,29H,10-11,27-28H2,1-2H3. The van der Waals surface area contributed by atoms with Crippen LogP contribution in [0.5, 0.6) is 5.75 Å². The molecule has 178 valence electrons. The normalized spacial score (nSPS) is 23.2. The summed E-state index contributed by atoms with van der Waals surface area (Å²) < 4.78 is 21.2. The minimum atomic E-state index is -0.506. The lowest BCUT2D eigenvalue weighted by atomic mass is 9.86. The molecule has 2 aliphatic rings. The van der Waals surface area contributed by atoms with Gasteiger partial charge in [-0.1, -0.05) is 23.7 Å². The maximum absolute atomic E-state index is 13.7. The third-order valence-electron chi connectivity index (χ3n) is 6.60. The van der Waals surface area contributed by atoms with Gasteiger partial charge in [0.2, 0.25) is 0 Å². The molecule has 0 spiro atoms. The van der Waals surface area contributed by atoms with E-state index in [9.17, 15) is 4.39 Å². The molecular weight excluding hydrogens is 457 g/mol. The monoisotopic (exact) mass is 483 g/mol. The number of hydrogen-bond donors (Lipinski definition) is 3. The smallest absolute Gasteiger partial charge is 0.147 e. The fourth-order valence-corrected chi connectivity index (χ4v) is 4.95. The van der Waals surface area contributed by atoms with E-state index in [4.69, 9.17) is 27.8 Å². The number of nitrogens with zero attached hydrogens (tertiary/aromatic N) is 4. The highest BCUT2D eigenvalue weighted by atomic mass is 35.5. The number of ether oxygens (including phenoxy) is 1. The highest BCUT2D eigenvalue weighted by Crippen LogP contribution is 2.41. The van der Waals surface area contributed by atoms with Crippen molar-refractivity contribution in [1.29, 1.82) is 0 Å². The molecule has 3 aromatic rings. The highest BCUT2D eigenvalue weighted by molar-refractivity contribution is 6.29. The zero-order valence-electron chi connectivity index (χ0n) is 19.0. The maximum Gasteiger partial charge on any atom is 0.147 e. The minimum Gasteiger partial charge on any atom is -0.494 e. The molecule has 3 atom stereocenters. The molecule has 3 heterocycles. The number of hydrogen-bond acceptors (Lipinski definition) is 7. The molecule has 5 rings (SSSR count). The highest BCUT2D eigenvalue weighted by Gasteiger charge is 2.41. The minimum absolute atomic E-state index is 0.0479. The van der Waals surface area contributed by atoms with Crippen LogP contribution in [-0.4, -0.2) is 54.2 Å². The maximum atomic E-state index is 13.7. The van der Waals surface area contributed by atoms with Gasteiger partial charge in [0.05, 0.1) is 19.0 Å². The summed E-state index contributed by atoms with van der Waals surface area (Å²) in [4.78, 5) is 8.13.